The lowest BCUT2D eigenvalue weighted by atomic mass is 10.2. The molecule has 1 aliphatic heterocycles. The zero-order valence-electron chi connectivity index (χ0n) is 9.70. The molecule has 0 saturated carbocycles. The third kappa shape index (κ3) is 3.54. The molecule has 5 heteroatoms. The summed E-state index contributed by atoms with van der Waals surface area (Å²) in [7, 11) is 1.67. The summed E-state index contributed by atoms with van der Waals surface area (Å²) in [4.78, 5) is 4.42. The topological polar surface area (TPSA) is 33.6 Å². The number of benzene rings is 1. The molecule has 0 atom stereocenters. The van der Waals surface area contributed by atoms with E-state index in [0.717, 1.165) is 46.8 Å². The van der Waals surface area contributed by atoms with Crippen LogP contribution in [-0.2, 0) is 5.75 Å². The highest BCUT2D eigenvalue weighted by Gasteiger charge is 2.08. The van der Waals surface area contributed by atoms with Crippen LogP contribution < -0.4 is 10.1 Å². The van der Waals surface area contributed by atoms with Crippen molar-refractivity contribution in [3.63, 3.8) is 0 Å². The van der Waals surface area contributed by atoms with E-state index in [1.807, 2.05) is 18.2 Å². The number of hydrogen-bond donors (Lipinski definition) is 1. The summed E-state index contributed by atoms with van der Waals surface area (Å²) in [5.74, 6) is 1.69. The van der Waals surface area contributed by atoms with E-state index in [1.165, 1.54) is 0 Å². The van der Waals surface area contributed by atoms with Crippen molar-refractivity contribution < 1.29 is 4.74 Å². The summed E-state index contributed by atoms with van der Waals surface area (Å²) >= 11 is 7.67. The summed E-state index contributed by atoms with van der Waals surface area (Å²) in [6.45, 7) is 1.93. The van der Waals surface area contributed by atoms with Crippen LogP contribution >= 0.6 is 23.4 Å². The minimum Gasteiger partial charge on any atom is -0.496 e. The lowest BCUT2D eigenvalue weighted by molar-refractivity contribution is 0.411. The first kappa shape index (κ1) is 12.6. The summed E-state index contributed by atoms with van der Waals surface area (Å²) in [6, 6.07) is 5.68. The molecule has 0 spiro atoms. The van der Waals surface area contributed by atoms with Crippen LogP contribution in [0, 0.1) is 0 Å². The van der Waals surface area contributed by atoms with Crippen molar-refractivity contribution in [2.45, 2.75) is 12.2 Å². The number of rotatable bonds is 3. The molecule has 1 aromatic carbocycles. The number of thioether (sulfide) groups is 1. The first-order valence-corrected chi connectivity index (χ1v) is 6.89. The second kappa shape index (κ2) is 6.17. The largest absolute Gasteiger partial charge is 0.496 e. The second-order valence-electron chi connectivity index (χ2n) is 3.71. The first-order chi connectivity index (χ1) is 8.29. The number of methoxy groups -OCH3 is 1. The number of amidine groups is 1. The van der Waals surface area contributed by atoms with Crippen molar-refractivity contribution in [3.8, 4) is 5.75 Å². The third-order valence-corrected chi connectivity index (χ3v) is 3.71. The van der Waals surface area contributed by atoms with Gasteiger partial charge in [-0.3, -0.25) is 4.99 Å². The van der Waals surface area contributed by atoms with Crippen LogP contribution in [0.15, 0.2) is 23.2 Å². The Morgan fingerprint density at radius 2 is 2.41 bits per heavy atom. The van der Waals surface area contributed by atoms with Gasteiger partial charge in [-0.1, -0.05) is 23.4 Å². The Kier molecular flexibility index (Phi) is 4.57. The molecule has 1 heterocycles. The molecular weight excluding hydrogens is 256 g/mol. The fourth-order valence-electron chi connectivity index (χ4n) is 1.61. The number of nitrogens with one attached hydrogen (secondary N) is 1. The predicted molar refractivity (Wildman–Crippen MR) is 74.2 cm³/mol. The highest BCUT2D eigenvalue weighted by molar-refractivity contribution is 8.13. The van der Waals surface area contributed by atoms with Crippen molar-refractivity contribution in [2.75, 3.05) is 20.2 Å². The maximum Gasteiger partial charge on any atom is 0.156 e. The number of aliphatic imine (C=N–C) groups is 1. The minimum absolute atomic E-state index is 0.736. The quantitative estimate of drug-likeness (QED) is 0.917. The molecule has 1 N–H and O–H groups in total. The minimum atomic E-state index is 0.736. The average Bonchev–Trinajstić information content (AvgIpc) is 2.38. The molecule has 1 aromatic rings. The maximum atomic E-state index is 5.98. The molecule has 0 amide bonds. The third-order valence-electron chi connectivity index (χ3n) is 2.47. The molecule has 0 unspecified atom stereocenters. The summed E-state index contributed by atoms with van der Waals surface area (Å²) in [5, 5.41) is 5.03. The highest BCUT2D eigenvalue weighted by atomic mass is 35.5. The van der Waals surface area contributed by atoms with Gasteiger partial charge >= 0.3 is 0 Å². The number of nitrogens with zero attached hydrogens (tertiary/aromatic N) is 1. The Balaban J connectivity index is 2.02. The van der Waals surface area contributed by atoms with Crippen molar-refractivity contribution in [3.05, 3.63) is 28.8 Å². The Morgan fingerprint density at radius 3 is 3.12 bits per heavy atom. The lowest BCUT2D eigenvalue weighted by Gasteiger charge is -2.14. The van der Waals surface area contributed by atoms with Crippen LogP contribution in [0.25, 0.3) is 0 Å². The van der Waals surface area contributed by atoms with Gasteiger partial charge in [0.1, 0.15) is 5.75 Å². The Bertz CT molecular complexity index is 423. The Labute approximate surface area is 111 Å². The zero-order valence-corrected chi connectivity index (χ0v) is 11.3. The van der Waals surface area contributed by atoms with Crippen LogP contribution in [0.5, 0.6) is 5.75 Å². The molecule has 1 aliphatic rings. The van der Waals surface area contributed by atoms with E-state index in [9.17, 15) is 0 Å². The number of ether oxygens (including phenoxy) is 1. The SMILES string of the molecule is COc1ccc(Cl)cc1CSC1=NCCCN1. The average molecular weight is 271 g/mol. The molecule has 3 nitrogen and oxygen atoms in total. The fourth-order valence-corrected chi connectivity index (χ4v) is 2.71. The van der Waals surface area contributed by atoms with Gasteiger partial charge in [-0.25, -0.2) is 0 Å². The summed E-state index contributed by atoms with van der Waals surface area (Å²) < 4.78 is 5.31. The van der Waals surface area contributed by atoms with E-state index >= 15 is 0 Å². The van der Waals surface area contributed by atoms with E-state index in [4.69, 9.17) is 16.3 Å². The molecule has 0 bridgehead atoms. The predicted octanol–water partition coefficient (Wildman–Crippen LogP) is 2.93. The lowest BCUT2D eigenvalue weighted by Crippen LogP contribution is -2.26. The molecule has 0 fully saturated rings. The van der Waals surface area contributed by atoms with Crippen molar-refractivity contribution in [1.29, 1.82) is 0 Å². The van der Waals surface area contributed by atoms with Gasteiger partial charge in [-0.2, -0.15) is 0 Å². The van der Waals surface area contributed by atoms with Gasteiger partial charge < -0.3 is 10.1 Å². The Hall–Kier alpha value is -0.870. The van der Waals surface area contributed by atoms with Crippen LogP contribution in [-0.4, -0.2) is 25.4 Å². The molecule has 2 rings (SSSR count). The fraction of sp³-hybridized carbons (Fsp3) is 0.417. The van der Waals surface area contributed by atoms with Gasteiger partial charge in [0.2, 0.25) is 0 Å². The normalized spacial score (nSPS) is 15.1. The van der Waals surface area contributed by atoms with Gasteiger partial charge in [-0.15, -0.1) is 0 Å². The van der Waals surface area contributed by atoms with E-state index in [-0.39, 0.29) is 0 Å². The van der Waals surface area contributed by atoms with Crippen LogP contribution in [0.3, 0.4) is 0 Å². The molecule has 92 valence electrons. The first-order valence-electron chi connectivity index (χ1n) is 5.53. The van der Waals surface area contributed by atoms with Crippen LogP contribution in [0.1, 0.15) is 12.0 Å². The number of halogens is 1. The molecule has 17 heavy (non-hydrogen) atoms. The van der Waals surface area contributed by atoms with Crippen molar-refractivity contribution in [1.82, 2.24) is 5.32 Å². The molecule has 0 saturated heterocycles. The van der Waals surface area contributed by atoms with E-state index < -0.39 is 0 Å². The van der Waals surface area contributed by atoms with Gasteiger partial charge in [-0.05, 0) is 24.6 Å². The van der Waals surface area contributed by atoms with Gasteiger partial charge in [0, 0.05) is 29.4 Å². The monoisotopic (exact) mass is 270 g/mol. The van der Waals surface area contributed by atoms with Crippen molar-refractivity contribution >= 4 is 28.5 Å². The number of hydrogen-bond acceptors (Lipinski definition) is 4. The van der Waals surface area contributed by atoms with Crippen LogP contribution in [0.4, 0.5) is 0 Å². The summed E-state index contributed by atoms with van der Waals surface area (Å²) in [6.07, 6.45) is 1.12. The van der Waals surface area contributed by atoms with E-state index in [1.54, 1.807) is 18.9 Å². The zero-order chi connectivity index (χ0) is 12.1. The molecule has 0 aromatic heterocycles. The smallest absolute Gasteiger partial charge is 0.156 e. The van der Waals surface area contributed by atoms with Gasteiger partial charge in [0.25, 0.3) is 0 Å². The summed E-state index contributed by atoms with van der Waals surface area (Å²) in [5.41, 5.74) is 1.10. The Morgan fingerprint density at radius 1 is 1.53 bits per heavy atom. The van der Waals surface area contributed by atoms with E-state index in [0.29, 0.717) is 0 Å². The van der Waals surface area contributed by atoms with Gasteiger partial charge in [0.05, 0.1) is 7.11 Å². The maximum absolute atomic E-state index is 5.98. The molecule has 0 aliphatic carbocycles. The second-order valence-corrected chi connectivity index (χ2v) is 5.11. The van der Waals surface area contributed by atoms with E-state index in [2.05, 4.69) is 10.3 Å². The van der Waals surface area contributed by atoms with Crippen molar-refractivity contribution in [2.24, 2.45) is 4.99 Å². The highest BCUT2D eigenvalue weighted by Crippen LogP contribution is 2.26. The van der Waals surface area contributed by atoms with Crippen LogP contribution in [0.2, 0.25) is 5.02 Å². The standard InChI is InChI=1S/C12H15ClN2OS/c1-16-11-4-3-10(13)7-9(11)8-17-12-14-5-2-6-15-12/h3-4,7H,2,5-6,8H2,1H3,(H,14,15). The molecular formula is C12H15ClN2OS. The van der Waals surface area contributed by atoms with Gasteiger partial charge in [0.15, 0.2) is 5.17 Å². The molecule has 0 radical (unpaired) electrons.